The van der Waals surface area contributed by atoms with Gasteiger partial charge in [-0.25, -0.2) is 4.79 Å². The number of hydrogen-bond acceptors (Lipinski definition) is 5. The van der Waals surface area contributed by atoms with E-state index in [1.807, 2.05) is 0 Å². The Balaban J connectivity index is 3.58. The molecule has 5 nitrogen and oxygen atoms in total. The average molecular weight is 203 g/mol. The van der Waals surface area contributed by atoms with E-state index < -0.39 is 5.97 Å². The van der Waals surface area contributed by atoms with Gasteiger partial charge >= 0.3 is 5.97 Å². The third-order valence-corrected chi connectivity index (χ3v) is 1.65. The summed E-state index contributed by atoms with van der Waals surface area (Å²) in [6.07, 6.45) is 1.10. The molecule has 0 spiro atoms. The highest BCUT2D eigenvalue weighted by molar-refractivity contribution is 5.81. The lowest BCUT2D eigenvalue weighted by Gasteiger charge is -2.19. The van der Waals surface area contributed by atoms with Gasteiger partial charge in [-0.2, -0.15) is 0 Å². The second-order valence-corrected chi connectivity index (χ2v) is 2.66. The van der Waals surface area contributed by atoms with Crippen LogP contribution in [0.2, 0.25) is 0 Å². The van der Waals surface area contributed by atoms with Crippen LogP contribution in [0.25, 0.3) is 0 Å². The van der Waals surface area contributed by atoms with Crippen molar-refractivity contribution in [2.75, 3.05) is 39.5 Å². The maximum absolute atomic E-state index is 10.7. The summed E-state index contributed by atoms with van der Waals surface area (Å²) in [4.78, 5) is 12.5. The molecular formula is C9H17NO4. The molecule has 0 fully saturated rings. The van der Waals surface area contributed by atoms with E-state index in [0.717, 1.165) is 6.08 Å². The lowest BCUT2D eigenvalue weighted by molar-refractivity contribution is -0.138. The van der Waals surface area contributed by atoms with Gasteiger partial charge in [0.25, 0.3) is 0 Å². The van der Waals surface area contributed by atoms with Crippen LogP contribution in [0.1, 0.15) is 0 Å². The SMILES string of the molecule is C=CC(=O)OCCN(CCO)CCO. The first-order chi connectivity index (χ1) is 6.74. The monoisotopic (exact) mass is 203 g/mol. The fraction of sp³-hybridized carbons (Fsp3) is 0.667. The maximum atomic E-state index is 10.7. The lowest BCUT2D eigenvalue weighted by Crippen LogP contribution is -2.33. The summed E-state index contributed by atoms with van der Waals surface area (Å²) in [5, 5.41) is 17.3. The van der Waals surface area contributed by atoms with Gasteiger partial charge in [-0.3, -0.25) is 4.90 Å². The van der Waals surface area contributed by atoms with Crippen molar-refractivity contribution in [1.29, 1.82) is 0 Å². The molecule has 0 aromatic heterocycles. The van der Waals surface area contributed by atoms with Gasteiger partial charge in [-0.15, -0.1) is 0 Å². The number of aliphatic hydroxyl groups is 2. The Kier molecular flexibility index (Phi) is 8.11. The highest BCUT2D eigenvalue weighted by atomic mass is 16.5. The van der Waals surface area contributed by atoms with Crippen LogP contribution in [-0.4, -0.2) is 60.5 Å². The molecule has 5 heteroatoms. The summed E-state index contributed by atoms with van der Waals surface area (Å²) >= 11 is 0. The number of carbonyl (C=O) groups is 1. The highest BCUT2D eigenvalue weighted by Gasteiger charge is 2.04. The van der Waals surface area contributed by atoms with E-state index in [2.05, 4.69) is 6.58 Å². The molecule has 0 bridgehead atoms. The van der Waals surface area contributed by atoms with E-state index in [9.17, 15) is 4.79 Å². The predicted molar refractivity (Wildman–Crippen MR) is 51.8 cm³/mol. The molecule has 0 amide bonds. The van der Waals surface area contributed by atoms with Crippen molar-refractivity contribution in [1.82, 2.24) is 4.90 Å². The Labute approximate surface area is 83.6 Å². The minimum absolute atomic E-state index is 0.0232. The zero-order valence-electron chi connectivity index (χ0n) is 8.19. The van der Waals surface area contributed by atoms with Crippen molar-refractivity contribution in [2.45, 2.75) is 0 Å². The first kappa shape index (κ1) is 13.1. The number of esters is 1. The van der Waals surface area contributed by atoms with Crippen LogP contribution in [0.15, 0.2) is 12.7 Å². The quantitative estimate of drug-likeness (QED) is 0.391. The van der Waals surface area contributed by atoms with Crippen LogP contribution in [0.4, 0.5) is 0 Å². The number of aliphatic hydroxyl groups excluding tert-OH is 2. The van der Waals surface area contributed by atoms with Gasteiger partial charge in [0, 0.05) is 25.7 Å². The van der Waals surface area contributed by atoms with Crippen molar-refractivity contribution in [2.24, 2.45) is 0 Å². The molecule has 0 aliphatic rings. The minimum Gasteiger partial charge on any atom is -0.461 e. The lowest BCUT2D eigenvalue weighted by atomic mass is 10.4. The van der Waals surface area contributed by atoms with Gasteiger partial charge in [-0.1, -0.05) is 6.58 Å². The van der Waals surface area contributed by atoms with E-state index >= 15 is 0 Å². The van der Waals surface area contributed by atoms with Crippen LogP contribution in [0.3, 0.4) is 0 Å². The van der Waals surface area contributed by atoms with E-state index in [1.165, 1.54) is 0 Å². The Bertz CT molecular complexity index is 166. The molecule has 0 heterocycles. The highest BCUT2D eigenvalue weighted by Crippen LogP contribution is 1.88. The van der Waals surface area contributed by atoms with Crippen LogP contribution in [0, 0.1) is 0 Å². The molecule has 0 unspecified atom stereocenters. The summed E-state index contributed by atoms with van der Waals surface area (Å²) in [5.41, 5.74) is 0. The molecule has 0 saturated heterocycles. The third kappa shape index (κ3) is 6.59. The summed E-state index contributed by atoms with van der Waals surface area (Å²) in [5.74, 6) is -0.460. The molecule has 0 aromatic carbocycles. The first-order valence-corrected chi connectivity index (χ1v) is 4.47. The Hall–Kier alpha value is -0.910. The third-order valence-electron chi connectivity index (χ3n) is 1.65. The normalized spacial score (nSPS) is 10.2. The first-order valence-electron chi connectivity index (χ1n) is 4.47. The second kappa shape index (κ2) is 8.68. The molecule has 0 radical (unpaired) electrons. The molecule has 0 saturated carbocycles. The van der Waals surface area contributed by atoms with E-state index in [4.69, 9.17) is 14.9 Å². The molecule has 0 atom stereocenters. The van der Waals surface area contributed by atoms with Crippen molar-refractivity contribution in [3.8, 4) is 0 Å². The van der Waals surface area contributed by atoms with Crippen LogP contribution < -0.4 is 0 Å². The summed E-state index contributed by atoms with van der Waals surface area (Å²) < 4.78 is 4.75. The van der Waals surface area contributed by atoms with Crippen molar-refractivity contribution < 1.29 is 19.7 Å². The van der Waals surface area contributed by atoms with E-state index in [-0.39, 0.29) is 19.8 Å². The van der Waals surface area contributed by atoms with Crippen molar-refractivity contribution >= 4 is 5.97 Å². The number of rotatable bonds is 8. The number of carbonyl (C=O) groups excluding carboxylic acids is 1. The zero-order chi connectivity index (χ0) is 10.8. The fourth-order valence-corrected chi connectivity index (χ4v) is 0.953. The molecule has 82 valence electrons. The molecule has 0 aliphatic carbocycles. The smallest absolute Gasteiger partial charge is 0.330 e. The molecule has 0 aliphatic heterocycles. The van der Waals surface area contributed by atoms with E-state index in [1.54, 1.807) is 4.90 Å². The van der Waals surface area contributed by atoms with Crippen molar-refractivity contribution in [3.63, 3.8) is 0 Å². The van der Waals surface area contributed by atoms with Gasteiger partial charge in [0.1, 0.15) is 6.61 Å². The summed E-state index contributed by atoms with van der Waals surface area (Å²) in [6.45, 7) is 4.98. The molecule has 14 heavy (non-hydrogen) atoms. The van der Waals surface area contributed by atoms with Crippen molar-refractivity contribution in [3.05, 3.63) is 12.7 Å². The molecule has 0 aromatic rings. The molecular weight excluding hydrogens is 186 g/mol. The number of ether oxygens (including phenoxy) is 1. The summed E-state index contributed by atoms with van der Waals surface area (Å²) in [7, 11) is 0. The van der Waals surface area contributed by atoms with Crippen LogP contribution in [0.5, 0.6) is 0 Å². The van der Waals surface area contributed by atoms with Gasteiger partial charge in [0.15, 0.2) is 0 Å². The van der Waals surface area contributed by atoms with Gasteiger partial charge in [0.2, 0.25) is 0 Å². The maximum Gasteiger partial charge on any atom is 0.330 e. The Morgan fingerprint density at radius 1 is 1.29 bits per heavy atom. The topological polar surface area (TPSA) is 70.0 Å². The molecule has 0 rings (SSSR count). The predicted octanol–water partition coefficient (Wildman–Crippen LogP) is -0.998. The molecule has 2 N–H and O–H groups in total. The standard InChI is InChI=1S/C9H17NO4/c1-2-9(13)14-8-5-10(3-6-11)4-7-12/h2,11-12H,1,3-8H2. The summed E-state index contributed by atoms with van der Waals surface area (Å²) in [6, 6.07) is 0. The van der Waals surface area contributed by atoms with Gasteiger partial charge in [0.05, 0.1) is 13.2 Å². The average Bonchev–Trinajstić information content (AvgIpc) is 2.18. The van der Waals surface area contributed by atoms with E-state index in [0.29, 0.717) is 19.6 Å². The number of hydrogen-bond donors (Lipinski definition) is 2. The second-order valence-electron chi connectivity index (χ2n) is 2.66. The Morgan fingerprint density at radius 3 is 2.29 bits per heavy atom. The van der Waals surface area contributed by atoms with Crippen LogP contribution >= 0.6 is 0 Å². The minimum atomic E-state index is -0.460. The number of nitrogens with zero attached hydrogens (tertiary/aromatic N) is 1. The largest absolute Gasteiger partial charge is 0.461 e. The zero-order valence-corrected chi connectivity index (χ0v) is 8.19. The van der Waals surface area contributed by atoms with Crippen LogP contribution in [-0.2, 0) is 9.53 Å². The Morgan fingerprint density at radius 2 is 1.86 bits per heavy atom. The van der Waals surface area contributed by atoms with Gasteiger partial charge in [-0.05, 0) is 0 Å². The van der Waals surface area contributed by atoms with Gasteiger partial charge < -0.3 is 14.9 Å². The fourth-order valence-electron chi connectivity index (χ4n) is 0.953.